The van der Waals surface area contributed by atoms with Crippen LogP contribution in [0.1, 0.15) is 0 Å². The van der Waals surface area contributed by atoms with E-state index >= 15 is 0 Å². The van der Waals surface area contributed by atoms with Crippen molar-refractivity contribution in [3.8, 4) is 0 Å². The number of benzene rings is 1. The number of hydrogen-bond donors (Lipinski definition) is 1. The van der Waals surface area contributed by atoms with Gasteiger partial charge in [0, 0.05) is 24.7 Å². The molecule has 0 bridgehead atoms. The zero-order valence-electron chi connectivity index (χ0n) is 9.60. The second kappa shape index (κ2) is 4.22. The summed E-state index contributed by atoms with van der Waals surface area (Å²) >= 11 is 0. The van der Waals surface area contributed by atoms with Gasteiger partial charge in [0.2, 0.25) is 0 Å². The van der Waals surface area contributed by atoms with Gasteiger partial charge in [0.25, 0.3) is 0 Å². The van der Waals surface area contributed by atoms with Gasteiger partial charge in [0.15, 0.2) is 0 Å². The van der Waals surface area contributed by atoms with Crippen molar-refractivity contribution in [1.82, 2.24) is 4.98 Å². The predicted octanol–water partition coefficient (Wildman–Crippen LogP) is 1.65. The zero-order chi connectivity index (χ0) is 11.7. The number of rotatable bonds is 1. The lowest BCUT2D eigenvalue weighted by molar-refractivity contribution is 0.123. The van der Waals surface area contributed by atoms with Crippen molar-refractivity contribution in [2.45, 2.75) is 0 Å². The maximum absolute atomic E-state index is 6.23. The third-order valence-electron chi connectivity index (χ3n) is 3.16. The molecule has 0 atom stereocenters. The fraction of sp³-hybridized carbons (Fsp3) is 0.308. The molecule has 2 aromatic rings. The van der Waals surface area contributed by atoms with E-state index in [1.165, 1.54) is 0 Å². The lowest BCUT2D eigenvalue weighted by Crippen LogP contribution is -2.36. The van der Waals surface area contributed by atoms with Crippen molar-refractivity contribution in [3.05, 3.63) is 30.5 Å². The van der Waals surface area contributed by atoms with E-state index in [9.17, 15) is 0 Å². The maximum atomic E-state index is 6.23. The Morgan fingerprint density at radius 3 is 2.82 bits per heavy atom. The van der Waals surface area contributed by atoms with Crippen LogP contribution in [-0.2, 0) is 4.74 Å². The number of ether oxygens (including phenoxy) is 1. The van der Waals surface area contributed by atoms with Crippen molar-refractivity contribution < 1.29 is 4.74 Å². The second-order valence-corrected chi connectivity index (χ2v) is 4.17. The Hall–Kier alpha value is -1.81. The first-order valence-corrected chi connectivity index (χ1v) is 5.82. The number of aromatic nitrogens is 1. The van der Waals surface area contributed by atoms with Gasteiger partial charge in [0.05, 0.1) is 30.1 Å². The molecule has 2 heterocycles. The Balaban J connectivity index is 2.07. The quantitative estimate of drug-likeness (QED) is 0.755. The standard InChI is InChI=1S/C13H15N3O/c14-13-10-2-1-5-15-11(10)3-4-12(13)16-6-8-17-9-7-16/h1-5H,6-9,14H2. The number of anilines is 2. The van der Waals surface area contributed by atoms with E-state index in [1.807, 2.05) is 18.2 Å². The first kappa shape index (κ1) is 10.4. The van der Waals surface area contributed by atoms with E-state index in [1.54, 1.807) is 6.20 Å². The van der Waals surface area contributed by atoms with E-state index in [2.05, 4.69) is 16.0 Å². The highest BCUT2D eigenvalue weighted by Crippen LogP contribution is 2.30. The highest BCUT2D eigenvalue weighted by Gasteiger charge is 2.15. The number of hydrogen-bond acceptors (Lipinski definition) is 4. The Kier molecular flexibility index (Phi) is 2.57. The van der Waals surface area contributed by atoms with Gasteiger partial charge < -0.3 is 15.4 Å². The highest BCUT2D eigenvalue weighted by atomic mass is 16.5. The molecule has 0 saturated carbocycles. The molecule has 1 aromatic carbocycles. The second-order valence-electron chi connectivity index (χ2n) is 4.17. The summed E-state index contributed by atoms with van der Waals surface area (Å²) in [5.41, 5.74) is 9.08. The number of nitrogens with zero attached hydrogens (tertiary/aromatic N) is 2. The SMILES string of the molecule is Nc1c(N2CCOCC2)ccc2ncccc12. The first-order chi connectivity index (χ1) is 8.36. The van der Waals surface area contributed by atoms with Crippen molar-refractivity contribution in [3.63, 3.8) is 0 Å². The van der Waals surface area contributed by atoms with Crippen LogP contribution in [0.5, 0.6) is 0 Å². The van der Waals surface area contributed by atoms with E-state index in [0.717, 1.165) is 48.6 Å². The number of nitrogens with two attached hydrogens (primary N) is 1. The van der Waals surface area contributed by atoms with Gasteiger partial charge in [-0.3, -0.25) is 4.98 Å². The minimum atomic E-state index is 0.768. The average molecular weight is 229 g/mol. The molecule has 1 fully saturated rings. The molecule has 0 radical (unpaired) electrons. The summed E-state index contributed by atoms with van der Waals surface area (Å²) in [5.74, 6) is 0. The Bertz CT molecular complexity index is 535. The fourth-order valence-electron chi connectivity index (χ4n) is 2.24. The Morgan fingerprint density at radius 2 is 2.00 bits per heavy atom. The minimum Gasteiger partial charge on any atom is -0.396 e. The third-order valence-corrected chi connectivity index (χ3v) is 3.16. The fourth-order valence-corrected chi connectivity index (χ4v) is 2.24. The molecule has 3 rings (SSSR count). The molecule has 4 nitrogen and oxygen atoms in total. The smallest absolute Gasteiger partial charge is 0.0724 e. The molecular formula is C13H15N3O. The third kappa shape index (κ3) is 1.80. The van der Waals surface area contributed by atoms with E-state index in [0.29, 0.717) is 0 Å². The normalized spacial score (nSPS) is 16.4. The molecule has 1 aliphatic rings. The largest absolute Gasteiger partial charge is 0.396 e. The van der Waals surface area contributed by atoms with Crippen LogP contribution in [0.4, 0.5) is 11.4 Å². The molecule has 17 heavy (non-hydrogen) atoms. The zero-order valence-corrected chi connectivity index (χ0v) is 9.60. The van der Waals surface area contributed by atoms with Crippen LogP contribution in [0, 0.1) is 0 Å². The van der Waals surface area contributed by atoms with Crippen LogP contribution in [0.3, 0.4) is 0 Å². The van der Waals surface area contributed by atoms with Crippen LogP contribution >= 0.6 is 0 Å². The molecular weight excluding hydrogens is 214 g/mol. The molecule has 0 unspecified atom stereocenters. The molecule has 4 heteroatoms. The molecule has 0 amide bonds. The average Bonchev–Trinajstić information content (AvgIpc) is 2.40. The Morgan fingerprint density at radius 1 is 1.18 bits per heavy atom. The molecule has 1 aliphatic heterocycles. The lowest BCUT2D eigenvalue weighted by Gasteiger charge is -2.30. The van der Waals surface area contributed by atoms with Gasteiger partial charge in [-0.05, 0) is 24.3 Å². The van der Waals surface area contributed by atoms with Crippen LogP contribution < -0.4 is 10.6 Å². The van der Waals surface area contributed by atoms with Crippen LogP contribution in [0.15, 0.2) is 30.5 Å². The molecule has 1 saturated heterocycles. The van der Waals surface area contributed by atoms with Gasteiger partial charge in [-0.15, -0.1) is 0 Å². The lowest BCUT2D eigenvalue weighted by atomic mass is 10.1. The summed E-state index contributed by atoms with van der Waals surface area (Å²) in [5, 5.41) is 1.02. The number of pyridine rings is 1. The molecule has 0 spiro atoms. The minimum absolute atomic E-state index is 0.768. The van der Waals surface area contributed by atoms with Crippen molar-refractivity contribution in [2.24, 2.45) is 0 Å². The highest BCUT2D eigenvalue weighted by molar-refractivity contribution is 5.97. The summed E-state index contributed by atoms with van der Waals surface area (Å²) in [4.78, 5) is 6.57. The summed E-state index contributed by atoms with van der Waals surface area (Å²) in [6.45, 7) is 3.33. The molecule has 88 valence electrons. The number of fused-ring (bicyclic) bond motifs is 1. The summed E-state index contributed by atoms with van der Waals surface area (Å²) in [6.07, 6.45) is 1.79. The summed E-state index contributed by atoms with van der Waals surface area (Å²) in [7, 11) is 0. The van der Waals surface area contributed by atoms with Crippen LogP contribution in [0.2, 0.25) is 0 Å². The van der Waals surface area contributed by atoms with Gasteiger partial charge >= 0.3 is 0 Å². The van der Waals surface area contributed by atoms with Crippen molar-refractivity contribution in [2.75, 3.05) is 36.9 Å². The Labute approximate surface area is 100.0 Å². The van der Waals surface area contributed by atoms with Gasteiger partial charge in [0.1, 0.15) is 0 Å². The molecule has 0 aliphatic carbocycles. The number of morpholine rings is 1. The summed E-state index contributed by atoms with van der Waals surface area (Å²) in [6, 6.07) is 8.01. The van der Waals surface area contributed by atoms with Gasteiger partial charge in [-0.1, -0.05) is 0 Å². The maximum Gasteiger partial charge on any atom is 0.0724 e. The van der Waals surface area contributed by atoms with Crippen molar-refractivity contribution in [1.29, 1.82) is 0 Å². The van der Waals surface area contributed by atoms with E-state index in [4.69, 9.17) is 10.5 Å². The van der Waals surface area contributed by atoms with Gasteiger partial charge in [-0.2, -0.15) is 0 Å². The number of nitrogen functional groups attached to an aromatic ring is 1. The summed E-state index contributed by atoms with van der Waals surface area (Å²) < 4.78 is 5.35. The van der Waals surface area contributed by atoms with Crippen molar-refractivity contribution >= 4 is 22.3 Å². The van der Waals surface area contributed by atoms with Crippen LogP contribution in [0.25, 0.3) is 10.9 Å². The van der Waals surface area contributed by atoms with E-state index in [-0.39, 0.29) is 0 Å². The monoisotopic (exact) mass is 229 g/mol. The molecule has 1 aromatic heterocycles. The van der Waals surface area contributed by atoms with E-state index < -0.39 is 0 Å². The first-order valence-electron chi connectivity index (χ1n) is 5.82. The van der Waals surface area contributed by atoms with Gasteiger partial charge in [-0.25, -0.2) is 0 Å². The predicted molar refractivity (Wildman–Crippen MR) is 69.2 cm³/mol. The van der Waals surface area contributed by atoms with Crippen LogP contribution in [-0.4, -0.2) is 31.3 Å². The topological polar surface area (TPSA) is 51.4 Å². The molecule has 2 N–H and O–H groups in total.